The third kappa shape index (κ3) is 2.56. The monoisotopic (exact) mass is 182 g/mol. The van der Waals surface area contributed by atoms with E-state index in [0.717, 1.165) is 19.4 Å². The average Bonchev–Trinajstić information content (AvgIpc) is 2.77. The molecule has 2 heterocycles. The summed E-state index contributed by atoms with van der Waals surface area (Å²) in [7, 11) is 0. The number of aryl methyl sites for hydroxylation is 1. The largest absolute Gasteiger partial charge is 0.357 e. The molecule has 1 aliphatic heterocycles. The van der Waals surface area contributed by atoms with Gasteiger partial charge < -0.3 is 4.74 Å². The molecule has 1 aromatic heterocycles. The first-order chi connectivity index (χ1) is 6.36. The topological polar surface area (TPSA) is 27.1 Å². The van der Waals surface area contributed by atoms with Crippen LogP contribution in [0.4, 0.5) is 0 Å². The maximum Gasteiger partial charge on any atom is 0.150 e. The predicted octanol–water partition coefficient (Wildman–Crippen LogP) is 2.53. The number of hydrogen-bond acceptors (Lipinski definition) is 2. The molecule has 0 bridgehead atoms. The van der Waals surface area contributed by atoms with E-state index in [1.54, 1.807) is 0 Å². The zero-order valence-corrected chi connectivity index (χ0v) is 8.66. The molecular formula is C10H18N2O. The van der Waals surface area contributed by atoms with E-state index in [2.05, 4.69) is 5.10 Å². The van der Waals surface area contributed by atoms with Crippen LogP contribution in [0.15, 0.2) is 12.4 Å². The van der Waals surface area contributed by atoms with E-state index in [4.69, 9.17) is 4.74 Å². The number of ether oxygens (including phenoxy) is 1. The smallest absolute Gasteiger partial charge is 0.150 e. The van der Waals surface area contributed by atoms with Gasteiger partial charge in [-0.1, -0.05) is 13.8 Å². The molecule has 0 radical (unpaired) electrons. The fourth-order valence-electron chi connectivity index (χ4n) is 1.36. The average molecular weight is 182 g/mol. The van der Waals surface area contributed by atoms with Crippen LogP contribution in [0.1, 0.15) is 38.5 Å². The van der Waals surface area contributed by atoms with Crippen molar-refractivity contribution < 1.29 is 4.74 Å². The molecule has 3 nitrogen and oxygen atoms in total. The Morgan fingerprint density at radius 1 is 1.54 bits per heavy atom. The Morgan fingerprint density at radius 3 is 2.77 bits per heavy atom. The Labute approximate surface area is 79.7 Å². The lowest BCUT2D eigenvalue weighted by atomic mass is 10.3. The molecule has 3 heteroatoms. The Bertz CT molecular complexity index is 239. The van der Waals surface area contributed by atoms with Gasteiger partial charge in [-0.05, 0) is 25.3 Å². The zero-order chi connectivity index (χ0) is 9.68. The molecule has 13 heavy (non-hydrogen) atoms. The summed E-state index contributed by atoms with van der Waals surface area (Å²) in [5.41, 5.74) is 1.19. The normalized spacial score (nSPS) is 21.0. The van der Waals surface area contributed by atoms with E-state index in [1.165, 1.54) is 5.56 Å². The SMILES string of the molecule is CC.Cc1cnn(C2CCCO2)c1. The van der Waals surface area contributed by atoms with E-state index in [0.29, 0.717) is 0 Å². The van der Waals surface area contributed by atoms with Gasteiger partial charge in [0.05, 0.1) is 6.20 Å². The minimum atomic E-state index is 0.198. The van der Waals surface area contributed by atoms with E-state index in [-0.39, 0.29) is 6.23 Å². The molecule has 1 fully saturated rings. The van der Waals surface area contributed by atoms with Crippen LogP contribution >= 0.6 is 0 Å². The Kier molecular flexibility index (Phi) is 3.96. The van der Waals surface area contributed by atoms with Crippen LogP contribution in [-0.4, -0.2) is 16.4 Å². The lowest BCUT2D eigenvalue weighted by molar-refractivity contribution is 0.0467. The lowest BCUT2D eigenvalue weighted by Crippen LogP contribution is -2.06. The molecule has 0 spiro atoms. The van der Waals surface area contributed by atoms with Gasteiger partial charge >= 0.3 is 0 Å². The molecule has 1 atom stereocenters. The fraction of sp³-hybridized carbons (Fsp3) is 0.700. The van der Waals surface area contributed by atoms with E-state index < -0.39 is 0 Å². The van der Waals surface area contributed by atoms with E-state index >= 15 is 0 Å². The van der Waals surface area contributed by atoms with Crippen molar-refractivity contribution in [2.45, 2.75) is 39.8 Å². The van der Waals surface area contributed by atoms with Gasteiger partial charge in [-0.3, -0.25) is 0 Å². The second-order valence-corrected chi connectivity index (χ2v) is 2.97. The van der Waals surface area contributed by atoms with Gasteiger partial charge in [-0.15, -0.1) is 0 Å². The Morgan fingerprint density at radius 2 is 2.31 bits per heavy atom. The maximum atomic E-state index is 5.45. The van der Waals surface area contributed by atoms with Crippen molar-refractivity contribution in [3.05, 3.63) is 18.0 Å². The molecule has 0 N–H and O–H groups in total. The molecule has 1 aromatic rings. The maximum absolute atomic E-state index is 5.45. The minimum absolute atomic E-state index is 0.198. The summed E-state index contributed by atoms with van der Waals surface area (Å²) in [5.74, 6) is 0. The van der Waals surface area contributed by atoms with Gasteiger partial charge in [0.2, 0.25) is 0 Å². The van der Waals surface area contributed by atoms with Crippen LogP contribution in [0, 0.1) is 6.92 Å². The second-order valence-electron chi connectivity index (χ2n) is 2.97. The van der Waals surface area contributed by atoms with Gasteiger partial charge in [0.25, 0.3) is 0 Å². The fourth-order valence-corrected chi connectivity index (χ4v) is 1.36. The quantitative estimate of drug-likeness (QED) is 0.667. The highest BCUT2D eigenvalue weighted by Crippen LogP contribution is 2.21. The first-order valence-electron chi connectivity index (χ1n) is 4.98. The third-order valence-corrected chi connectivity index (χ3v) is 1.93. The van der Waals surface area contributed by atoms with Gasteiger partial charge in [-0.25, -0.2) is 4.68 Å². The van der Waals surface area contributed by atoms with Crippen molar-refractivity contribution in [2.24, 2.45) is 0 Å². The van der Waals surface area contributed by atoms with Gasteiger partial charge in [0.15, 0.2) is 0 Å². The van der Waals surface area contributed by atoms with Crippen molar-refractivity contribution in [1.29, 1.82) is 0 Å². The number of rotatable bonds is 1. The van der Waals surface area contributed by atoms with Crippen LogP contribution in [0.25, 0.3) is 0 Å². The number of aromatic nitrogens is 2. The summed E-state index contributed by atoms with van der Waals surface area (Å²) in [5, 5.41) is 4.19. The van der Waals surface area contributed by atoms with Crippen molar-refractivity contribution in [1.82, 2.24) is 9.78 Å². The van der Waals surface area contributed by atoms with Crippen molar-refractivity contribution in [2.75, 3.05) is 6.61 Å². The first kappa shape index (κ1) is 10.3. The molecule has 2 rings (SSSR count). The summed E-state index contributed by atoms with van der Waals surface area (Å²) in [6.07, 6.45) is 6.34. The number of hydrogen-bond donors (Lipinski definition) is 0. The van der Waals surface area contributed by atoms with Gasteiger partial charge in [0, 0.05) is 12.8 Å². The highest BCUT2D eigenvalue weighted by Gasteiger charge is 2.17. The molecule has 1 saturated heterocycles. The van der Waals surface area contributed by atoms with Crippen LogP contribution in [0.5, 0.6) is 0 Å². The summed E-state index contributed by atoms with van der Waals surface area (Å²) in [4.78, 5) is 0. The van der Waals surface area contributed by atoms with Crippen LogP contribution in [0.3, 0.4) is 0 Å². The summed E-state index contributed by atoms with van der Waals surface area (Å²) in [6.45, 7) is 6.92. The lowest BCUT2D eigenvalue weighted by Gasteiger charge is -2.08. The van der Waals surface area contributed by atoms with E-state index in [9.17, 15) is 0 Å². The van der Waals surface area contributed by atoms with Crippen molar-refractivity contribution in [3.63, 3.8) is 0 Å². The highest BCUT2D eigenvalue weighted by molar-refractivity contribution is 4.99. The standard InChI is InChI=1S/C8H12N2O.C2H6/c1-7-5-9-10(6-7)8-3-2-4-11-8;1-2/h5-6,8H,2-4H2,1H3;1-2H3. The first-order valence-corrected chi connectivity index (χ1v) is 4.98. The molecule has 74 valence electrons. The highest BCUT2D eigenvalue weighted by atomic mass is 16.5. The molecule has 0 aromatic carbocycles. The van der Waals surface area contributed by atoms with Crippen LogP contribution in [0.2, 0.25) is 0 Å². The summed E-state index contributed by atoms with van der Waals surface area (Å²) < 4.78 is 7.36. The van der Waals surface area contributed by atoms with Crippen molar-refractivity contribution in [3.8, 4) is 0 Å². The minimum Gasteiger partial charge on any atom is -0.357 e. The van der Waals surface area contributed by atoms with E-state index in [1.807, 2.05) is 37.8 Å². The second kappa shape index (κ2) is 5.02. The molecule has 0 amide bonds. The van der Waals surface area contributed by atoms with Gasteiger partial charge in [0.1, 0.15) is 6.23 Å². The van der Waals surface area contributed by atoms with Crippen molar-refractivity contribution >= 4 is 0 Å². The van der Waals surface area contributed by atoms with Gasteiger partial charge in [-0.2, -0.15) is 5.10 Å². The molecule has 1 aliphatic rings. The number of nitrogens with zero attached hydrogens (tertiary/aromatic N) is 2. The predicted molar refractivity (Wildman–Crippen MR) is 52.5 cm³/mol. The zero-order valence-electron chi connectivity index (χ0n) is 8.66. The Balaban J connectivity index is 0.000000396. The summed E-state index contributed by atoms with van der Waals surface area (Å²) >= 11 is 0. The molecule has 0 saturated carbocycles. The van der Waals surface area contributed by atoms with Crippen LogP contribution < -0.4 is 0 Å². The summed E-state index contributed by atoms with van der Waals surface area (Å²) in [6, 6.07) is 0. The molecule has 1 unspecified atom stereocenters. The van der Waals surface area contributed by atoms with Crippen LogP contribution in [-0.2, 0) is 4.74 Å². The molecular weight excluding hydrogens is 164 g/mol. The Hall–Kier alpha value is -0.830. The molecule has 0 aliphatic carbocycles. The third-order valence-electron chi connectivity index (χ3n) is 1.93.